The van der Waals surface area contributed by atoms with Crippen LogP contribution >= 0.6 is 0 Å². The lowest BCUT2D eigenvalue weighted by atomic mass is 10.0. The molecule has 1 aromatic rings. The van der Waals surface area contributed by atoms with E-state index in [9.17, 15) is 39.6 Å². The highest BCUT2D eigenvalue weighted by molar-refractivity contribution is 7.88. The van der Waals surface area contributed by atoms with E-state index in [1.807, 2.05) is 5.32 Å². The number of benzene rings is 1. The van der Waals surface area contributed by atoms with Crippen LogP contribution in [-0.2, 0) is 27.2 Å². The Morgan fingerprint density at radius 3 is 2.00 bits per heavy atom. The summed E-state index contributed by atoms with van der Waals surface area (Å²) < 4.78 is 102. The number of carbonyl (C=O) groups excluding carboxylic acids is 1. The zero-order valence-electron chi connectivity index (χ0n) is 14.0. The second-order valence-corrected chi connectivity index (χ2v) is 8.10. The Labute approximate surface area is 151 Å². The summed E-state index contributed by atoms with van der Waals surface area (Å²) in [5, 5.41) is 1.99. The smallest absolute Gasteiger partial charge is 0.325 e. The maximum absolute atomic E-state index is 12.9. The van der Waals surface area contributed by atoms with Crippen molar-refractivity contribution in [3.8, 4) is 0 Å². The maximum Gasteiger partial charge on any atom is 0.416 e. The molecule has 1 atom stereocenters. The van der Waals surface area contributed by atoms with E-state index in [4.69, 9.17) is 0 Å². The Bertz CT molecular complexity index is 788. The molecule has 0 bridgehead atoms. The predicted octanol–water partition coefficient (Wildman–Crippen LogP) is 3.48. The molecule has 1 amide bonds. The first-order valence-electron chi connectivity index (χ1n) is 7.77. The third-order valence-corrected chi connectivity index (χ3v) is 5.33. The third-order valence-electron chi connectivity index (χ3n) is 4.04. The Kier molecular flexibility index (Phi) is 5.81. The van der Waals surface area contributed by atoms with Gasteiger partial charge in [0.1, 0.15) is 6.04 Å². The number of alkyl halides is 6. The lowest BCUT2D eigenvalue weighted by Gasteiger charge is -2.32. The van der Waals surface area contributed by atoms with E-state index < -0.39 is 51.1 Å². The van der Waals surface area contributed by atoms with Crippen molar-refractivity contribution in [2.24, 2.45) is 0 Å². The number of carbonyl (C=O) groups is 1. The number of rotatable bonds is 3. The molecule has 1 aliphatic rings. The topological polar surface area (TPSA) is 66.5 Å². The minimum absolute atomic E-state index is 0.0489. The van der Waals surface area contributed by atoms with Gasteiger partial charge in [-0.3, -0.25) is 4.79 Å². The van der Waals surface area contributed by atoms with Crippen LogP contribution in [0.3, 0.4) is 0 Å². The molecule has 2 rings (SSSR count). The molecule has 27 heavy (non-hydrogen) atoms. The zero-order valence-corrected chi connectivity index (χ0v) is 14.8. The molecule has 1 aromatic carbocycles. The van der Waals surface area contributed by atoms with Crippen LogP contribution in [0.2, 0.25) is 0 Å². The molecule has 152 valence electrons. The number of nitrogens with one attached hydrogen (secondary N) is 1. The van der Waals surface area contributed by atoms with Crippen LogP contribution in [0.25, 0.3) is 0 Å². The number of piperidine rings is 1. The molecule has 0 aromatic heterocycles. The van der Waals surface area contributed by atoms with Crippen LogP contribution in [0, 0.1) is 0 Å². The van der Waals surface area contributed by atoms with Gasteiger partial charge < -0.3 is 5.32 Å². The highest BCUT2D eigenvalue weighted by Crippen LogP contribution is 2.37. The summed E-state index contributed by atoms with van der Waals surface area (Å²) in [5.41, 5.74) is -3.85. The second-order valence-electron chi connectivity index (χ2n) is 6.17. The monoisotopic (exact) mass is 418 g/mol. The number of halogens is 6. The van der Waals surface area contributed by atoms with Gasteiger partial charge in [0.05, 0.1) is 17.4 Å². The van der Waals surface area contributed by atoms with Crippen molar-refractivity contribution in [1.82, 2.24) is 4.31 Å². The molecule has 1 heterocycles. The first-order chi connectivity index (χ1) is 12.2. The fourth-order valence-electron chi connectivity index (χ4n) is 2.82. The predicted molar refractivity (Wildman–Crippen MR) is 84.3 cm³/mol. The third kappa shape index (κ3) is 5.34. The molecule has 5 nitrogen and oxygen atoms in total. The zero-order chi connectivity index (χ0) is 20.6. The SMILES string of the molecule is CS(=O)(=O)N1CCCCC1C(=O)Nc1cc(C(F)(F)F)cc(C(F)(F)F)c1. The van der Waals surface area contributed by atoms with E-state index in [2.05, 4.69) is 0 Å². The van der Waals surface area contributed by atoms with Crippen molar-refractivity contribution in [3.63, 3.8) is 0 Å². The van der Waals surface area contributed by atoms with Crippen LogP contribution in [0.4, 0.5) is 32.0 Å². The van der Waals surface area contributed by atoms with Gasteiger partial charge in [0.2, 0.25) is 15.9 Å². The lowest BCUT2D eigenvalue weighted by Crippen LogP contribution is -2.49. The molecule has 1 unspecified atom stereocenters. The number of amides is 1. The normalized spacial score (nSPS) is 19.7. The van der Waals surface area contributed by atoms with Gasteiger partial charge in [0, 0.05) is 12.2 Å². The number of anilines is 1. The van der Waals surface area contributed by atoms with Gasteiger partial charge in [0.15, 0.2) is 0 Å². The fraction of sp³-hybridized carbons (Fsp3) is 0.533. The fourth-order valence-corrected chi connectivity index (χ4v) is 3.94. The number of nitrogens with zero attached hydrogens (tertiary/aromatic N) is 1. The van der Waals surface area contributed by atoms with Crippen LogP contribution in [0.5, 0.6) is 0 Å². The summed E-state index contributed by atoms with van der Waals surface area (Å²) in [6, 6.07) is -0.502. The minimum atomic E-state index is -5.05. The molecule has 1 N–H and O–H groups in total. The van der Waals surface area contributed by atoms with Crippen molar-refractivity contribution in [2.45, 2.75) is 37.7 Å². The number of hydrogen-bond acceptors (Lipinski definition) is 3. The van der Waals surface area contributed by atoms with Crippen molar-refractivity contribution in [2.75, 3.05) is 18.1 Å². The summed E-state index contributed by atoms with van der Waals surface area (Å²) in [5.74, 6) is -0.979. The second kappa shape index (κ2) is 7.30. The molecule has 1 saturated heterocycles. The number of sulfonamides is 1. The van der Waals surface area contributed by atoms with E-state index >= 15 is 0 Å². The van der Waals surface area contributed by atoms with E-state index in [0.29, 0.717) is 25.0 Å². The molecular formula is C15H16F6N2O3S. The Balaban J connectivity index is 2.36. The summed E-state index contributed by atoms with van der Waals surface area (Å²) in [4.78, 5) is 12.4. The Hall–Kier alpha value is -1.82. The standard InChI is InChI=1S/C15H16F6N2O3S/c1-27(25,26)23-5-3-2-4-12(23)13(24)22-11-7-9(14(16,17)18)6-10(8-11)15(19,20)21/h6-8,12H,2-5H2,1H3,(H,22,24). The molecule has 0 saturated carbocycles. The van der Waals surface area contributed by atoms with Gasteiger partial charge in [-0.15, -0.1) is 0 Å². The van der Waals surface area contributed by atoms with E-state index in [1.54, 1.807) is 0 Å². The van der Waals surface area contributed by atoms with Crippen LogP contribution in [0.15, 0.2) is 18.2 Å². The highest BCUT2D eigenvalue weighted by atomic mass is 32.2. The average Bonchev–Trinajstić information content (AvgIpc) is 2.52. The molecule has 0 radical (unpaired) electrons. The lowest BCUT2D eigenvalue weighted by molar-refractivity contribution is -0.143. The van der Waals surface area contributed by atoms with Gasteiger partial charge in [-0.2, -0.15) is 30.6 Å². The van der Waals surface area contributed by atoms with Crippen molar-refractivity contribution < 1.29 is 39.6 Å². The molecule has 0 aliphatic carbocycles. The molecule has 1 aliphatic heterocycles. The van der Waals surface area contributed by atoms with Crippen LogP contribution < -0.4 is 5.32 Å². The first-order valence-corrected chi connectivity index (χ1v) is 9.61. The first kappa shape index (κ1) is 21.5. The van der Waals surface area contributed by atoms with Crippen LogP contribution in [-0.4, -0.2) is 37.5 Å². The molecular weight excluding hydrogens is 402 g/mol. The van der Waals surface area contributed by atoms with Gasteiger partial charge in [-0.1, -0.05) is 6.42 Å². The van der Waals surface area contributed by atoms with Gasteiger partial charge >= 0.3 is 12.4 Å². The van der Waals surface area contributed by atoms with E-state index in [0.717, 1.165) is 10.6 Å². The highest BCUT2D eigenvalue weighted by Gasteiger charge is 2.38. The largest absolute Gasteiger partial charge is 0.416 e. The van der Waals surface area contributed by atoms with Crippen molar-refractivity contribution in [1.29, 1.82) is 0 Å². The Morgan fingerprint density at radius 1 is 1.04 bits per heavy atom. The minimum Gasteiger partial charge on any atom is -0.325 e. The van der Waals surface area contributed by atoms with E-state index in [-0.39, 0.29) is 19.0 Å². The Morgan fingerprint density at radius 2 is 1.56 bits per heavy atom. The van der Waals surface area contributed by atoms with Gasteiger partial charge in [-0.25, -0.2) is 8.42 Å². The molecule has 0 spiro atoms. The van der Waals surface area contributed by atoms with Crippen LogP contribution in [0.1, 0.15) is 30.4 Å². The summed E-state index contributed by atoms with van der Waals surface area (Å²) in [6.45, 7) is 0.0489. The summed E-state index contributed by atoms with van der Waals surface area (Å²) in [6.07, 6.45) is -8.11. The van der Waals surface area contributed by atoms with Gasteiger partial charge in [0.25, 0.3) is 0 Å². The van der Waals surface area contributed by atoms with E-state index in [1.165, 1.54) is 0 Å². The van der Waals surface area contributed by atoms with Crippen molar-refractivity contribution in [3.05, 3.63) is 29.3 Å². The molecule has 12 heteroatoms. The number of hydrogen-bond donors (Lipinski definition) is 1. The molecule has 1 fully saturated rings. The maximum atomic E-state index is 12.9. The van der Waals surface area contributed by atoms with Crippen molar-refractivity contribution >= 4 is 21.6 Å². The average molecular weight is 418 g/mol. The quantitative estimate of drug-likeness (QED) is 0.765. The summed E-state index contributed by atoms with van der Waals surface area (Å²) in [7, 11) is -3.76. The summed E-state index contributed by atoms with van der Waals surface area (Å²) >= 11 is 0. The van der Waals surface area contributed by atoms with Gasteiger partial charge in [-0.05, 0) is 31.0 Å².